The van der Waals surface area contributed by atoms with Crippen molar-refractivity contribution in [1.82, 2.24) is 10.6 Å². The summed E-state index contributed by atoms with van der Waals surface area (Å²) in [5, 5.41) is 5.30. The van der Waals surface area contributed by atoms with Gasteiger partial charge in [0.25, 0.3) is 0 Å². The van der Waals surface area contributed by atoms with Crippen LogP contribution < -0.4 is 10.6 Å². The lowest BCUT2D eigenvalue weighted by molar-refractivity contribution is -0.146. The molecule has 1 aliphatic heterocycles. The van der Waals surface area contributed by atoms with Gasteiger partial charge >= 0.3 is 11.9 Å². The van der Waals surface area contributed by atoms with E-state index in [4.69, 9.17) is 9.47 Å². The van der Waals surface area contributed by atoms with Gasteiger partial charge in [0.05, 0.1) is 26.0 Å². The first-order chi connectivity index (χ1) is 12.3. The largest absolute Gasteiger partial charge is 0.468 e. The highest BCUT2D eigenvalue weighted by molar-refractivity contribution is 8.01. The van der Waals surface area contributed by atoms with E-state index >= 15 is 0 Å². The second kappa shape index (κ2) is 8.55. The third-order valence-electron chi connectivity index (χ3n) is 4.18. The van der Waals surface area contributed by atoms with Crippen LogP contribution >= 0.6 is 11.8 Å². The molecule has 0 aliphatic carbocycles. The van der Waals surface area contributed by atoms with E-state index in [2.05, 4.69) is 10.6 Å². The number of hydrogen-bond donors (Lipinski definition) is 2. The summed E-state index contributed by atoms with van der Waals surface area (Å²) in [6.45, 7) is 3.76. The van der Waals surface area contributed by atoms with Gasteiger partial charge in [-0.05, 0) is 19.4 Å². The minimum Gasteiger partial charge on any atom is -0.468 e. The van der Waals surface area contributed by atoms with E-state index in [1.54, 1.807) is 0 Å². The number of nitrogens with one attached hydrogen (secondary N) is 2. The first-order valence-electron chi connectivity index (χ1n) is 8.21. The molecular formula is C18H24N2O5S. The zero-order chi connectivity index (χ0) is 19.3. The second-order valence-corrected chi connectivity index (χ2v) is 8.29. The van der Waals surface area contributed by atoms with Gasteiger partial charge in [0.2, 0.25) is 5.91 Å². The molecule has 3 atom stereocenters. The summed E-state index contributed by atoms with van der Waals surface area (Å²) in [7, 11) is 2.58. The Morgan fingerprint density at radius 3 is 2.42 bits per heavy atom. The first-order valence-corrected chi connectivity index (χ1v) is 9.09. The number of hydrogen-bond acceptors (Lipinski definition) is 7. The lowest BCUT2D eigenvalue weighted by atomic mass is 10.0. The van der Waals surface area contributed by atoms with Crippen LogP contribution in [-0.2, 0) is 30.3 Å². The van der Waals surface area contributed by atoms with Gasteiger partial charge in [-0.3, -0.25) is 14.9 Å². The molecule has 142 valence electrons. The molecule has 1 aromatic carbocycles. The Hall–Kier alpha value is -2.06. The van der Waals surface area contributed by atoms with Crippen LogP contribution in [0.1, 0.15) is 19.4 Å². The maximum absolute atomic E-state index is 12.4. The van der Waals surface area contributed by atoms with Gasteiger partial charge < -0.3 is 14.8 Å². The van der Waals surface area contributed by atoms with Gasteiger partial charge in [0, 0.05) is 4.75 Å². The lowest BCUT2D eigenvalue weighted by Crippen LogP contribution is -2.54. The summed E-state index contributed by atoms with van der Waals surface area (Å²) in [6, 6.07) is 7.72. The summed E-state index contributed by atoms with van der Waals surface area (Å²) in [6.07, 6.45) is 0.148. The summed E-state index contributed by atoms with van der Waals surface area (Å²) < 4.78 is 9.16. The fourth-order valence-corrected chi connectivity index (χ4v) is 4.29. The standard InChI is InChI=1S/C18H24N2O5S/c1-18(2)14(17(23)25-4)20-15(26-18)13(16(22)24-3)19-12(21)10-11-8-6-5-7-9-11/h5-9,13-15,20H,10H2,1-4H3,(H,19,21)/t13-,14+,15+/m0/s1. The summed E-state index contributed by atoms with van der Waals surface area (Å²) >= 11 is 1.39. The average molecular weight is 380 g/mol. The smallest absolute Gasteiger partial charge is 0.330 e. The van der Waals surface area contributed by atoms with Crippen LogP contribution in [0.4, 0.5) is 0 Å². The monoisotopic (exact) mass is 380 g/mol. The molecule has 0 bridgehead atoms. The van der Waals surface area contributed by atoms with Gasteiger partial charge in [0.1, 0.15) is 6.04 Å². The number of ether oxygens (including phenoxy) is 2. The van der Waals surface area contributed by atoms with Crippen LogP contribution in [0.3, 0.4) is 0 Å². The summed E-state index contributed by atoms with van der Waals surface area (Å²) in [4.78, 5) is 36.6. The van der Waals surface area contributed by atoms with Crippen molar-refractivity contribution in [2.24, 2.45) is 0 Å². The van der Waals surface area contributed by atoms with Gasteiger partial charge in [0.15, 0.2) is 6.04 Å². The number of esters is 2. The second-order valence-electron chi connectivity index (χ2n) is 6.50. The number of rotatable bonds is 6. The lowest BCUT2D eigenvalue weighted by Gasteiger charge is -2.23. The minimum absolute atomic E-state index is 0.148. The Labute approximate surface area is 157 Å². The molecule has 1 amide bonds. The highest BCUT2D eigenvalue weighted by Gasteiger charge is 2.50. The van der Waals surface area contributed by atoms with Gasteiger partial charge in [-0.15, -0.1) is 11.8 Å². The van der Waals surface area contributed by atoms with E-state index in [1.807, 2.05) is 44.2 Å². The number of carbonyl (C=O) groups excluding carboxylic acids is 3. The third kappa shape index (κ3) is 4.76. The van der Waals surface area contributed by atoms with Crippen LogP contribution in [0, 0.1) is 0 Å². The molecule has 1 fully saturated rings. The summed E-state index contributed by atoms with van der Waals surface area (Å²) in [5.74, 6) is -1.28. The normalized spacial score (nSPS) is 22.3. The molecule has 0 spiro atoms. The molecule has 0 saturated carbocycles. The minimum atomic E-state index is -0.921. The predicted molar refractivity (Wildman–Crippen MR) is 98.5 cm³/mol. The molecule has 1 aromatic rings. The molecule has 1 heterocycles. The molecule has 0 radical (unpaired) electrons. The fourth-order valence-electron chi connectivity index (χ4n) is 2.82. The zero-order valence-electron chi connectivity index (χ0n) is 15.3. The Morgan fingerprint density at radius 1 is 1.19 bits per heavy atom. The molecular weight excluding hydrogens is 356 g/mol. The van der Waals surface area contributed by atoms with Crippen molar-refractivity contribution in [1.29, 1.82) is 0 Å². The van der Waals surface area contributed by atoms with Crippen molar-refractivity contribution in [3.05, 3.63) is 35.9 Å². The van der Waals surface area contributed by atoms with Crippen LogP contribution in [-0.4, -0.2) is 54.3 Å². The van der Waals surface area contributed by atoms with E-state index in [0.717, 1.165) is 5.56 Å². The van der Waals surface area contributed by atoms with Gasteiger partial charge in [-0.25, -0.2) is 4.79 Å². The van der Waals surface area contributed by atoms with Crippen molar-refractivity contribution in [2.75, 3.05) is 14.2 Å². The Morgan fingerprint density at radius 2 is 1.85 bits per heavy atom. The Kier molecular flexibility index (Phi) is 6.66. The van der Waals surface area contributed by atoms with E-state index in [1.165, 1.54) is 26.0 Å². The van der Waals surface area contributed by atoms with Crippen molar-refractivity contribution in [2.45, 2.75) is 42.5 Å². The molecule has 7 nitrogen and oxygen atoms in total. The maximum Gasteiger partial charge on any atom is 0.330 e. The van der Waals surface area contributed by atoms with Crippen molar-refractivity contribution in [3.63, 3.8) is 0 Å². The maximum atomic E-state index is 12.4. The van der Waals surface area contributed by atoms with E-state index in [9.17, 15) is 14.4 Å². The van der Waals surface area contributed by atoms with Crippen molar-refractivity contribution < 1.29 is 23.9 Å². The van der Waals surface area contributed by atoms with Gasteiger partial charge in [-0.1, -0.05) is 30.3 Å². The quantitative estimate of drug-likeness (QED) is 0.707. The van der Waals surface area contributed by atoms with Crippen LogP contribution in [0.2, 0.25) is 0 Å². The Balaban J connectivity index is 2.11. The molecule has 2 rings (SSSR count). The number of methoxy groups -OCH3 is 2. The van der Waals surface area contributed by atoms with Crippen molar-refractivity contribution >= 4 is 29.6 Å². The van der Waals surface area contributed by atoms with Crippen molar-refractivity contribution in [3.8, 4) is 0 Å². The number of thioether (sulfide) groups is 1. The van der Waals surface area contributed by atoms with E-state index < -0.39 is 34.1 Å². The van der Waals surface area contributed by atoms with Crippen LogP contribution in [0.5, 0.6) is 0 Å². The molecule has 1 aliphatic rings. The Bertz CT molecular complexity index is 665. The number of benzene rings is 1. The molecule has 26 heavy (non-hydrogen) atoms. The average Bonchev–Trinajstić information content (AvgIpc) is 2.94. The molecule has 2 N–H and O–H groups in total. The fraction of sp³-hybridized carbons (Fsp3) is 0.500. The van der Waals surface area contributed by atoms with Gasteiger partial charge in [-0.2, -0.15) is 0 Å². The SMILES string of the molecule is COC(=O)[C@@H](NC(=O)Cc1ccccc1)[C@@H]1N[C@H](C(=O)OC)C(C)(C)S1. The first kappa shape index (κ1) is 20.3. The number of carbonyl (C=O) groups is 3. The summed E-state index contributed by atoms with van der Waals surface area (Å²) in [5.41, 5.74) is 0.841. The highest BCUT2D eigenvalue weighted by atomic mass is 32.2. The van der Waals surface area contributed by atoms with E-state index in [0.29, 0.717) is 0 Å². The zero-order valence-corrected chi connectivity index (χ0v) is 16.1. The molecule has 8 heteroatoms. The molecule has 0 unspecified atom stereocenters. The van der Waals surface area contributed by atoms with Crippen LogP contribution in [0.15, 0.2) is 30.3 Å². The molecule has 1 saturated heterocycles. The van der Waals surface area contributed by atoms with E-state index in [-0.39, 0.29) is 12.3 Å². The topological polar surface area (TPSA) is 93.7 Å². The molecule has 0 aromatic heterocycles. The number of amides is 1. The third-order valence-corrected chi connectivity index (χ3v) is 5.68. The highest BCUT2D eigenvalue weighted by Crippen LogP contribution is 2.39. The van der Waals surface area contributed by atoms with Crippen LogP contribution in [0.25, 0.3) is 0 Å². The predicted octanol–water partition coefficient (Wildman–Crippen LogP) is 0.870.